The molecule has 19 heavy (non-hydrogen) atoms. The number of carboxylic acid groups (broad SMARTS) is 1. The third kappa shape index (κ3) is 3.25. The molecule has 0 fully saturated rings. The molecule has 0 aromatic heterocycles. The molecule has 0 unspecified atom stereocenters. The summed E-state index contributed by atoms with van der Waals surface area (Å²) >= 11 is 11.7. The third-order valence-electron chi connectivity index (χ3n) is 2.64. The highest BCUT2D eigenvalue weighted by Crippen LogP contribution is 2.29. The number of carboxylic acids is 1. The van der Waals surface area contributed by atoms with Crippen molar-refractivity contribution in [3.8, 4) is 11.1 Å². The molecule has 2 aromatic carbocycles. The van der Waals surface area contributed by atoms with Gasteiger partial charge < -0.3 is 5.11 Å². The van der Waals surface area contributed by atoms with Crippen molar-refractivity contribution in [3.63, 3.8) is 0 Å². The largest absolute Gasteiger partial charge is 0.481 e. The van der Waals surface area contributed by atoms with E-state index in [0.29, 0.717) is 15.6 Å². The lowest BCUT2D eigenvalue weighted by molar-refractivity contribution is -0.136. The van der Waals surface area contributed by atoms with Crippen LogP contribution in [0.1, 0.15) is 5.56 Å². The van der Waals surface area contributed by atoms with Gasteiger partial charge in [-0.05, 0) is 41.0 Å². The lowest BCUT2D eigenvalue weighted by Gasteiger charge is -2.07. The van der Waals surface area contributed by atoms with Crippen LogP contribution in [0.2, 0.25) is 10.0 Å². The maximum absolute atomic E-state index is 13.5. The van der Waals surface area contributed by atoms with Gasteiger partial charge in [0, 0.05) is 0 Å². The zero-order chi connectivity index (χ0) is 14.0. The van der Waals surface area contributed by atoms with Gasteiger partial charge in [0.15, 0.2) is 0 Å². The summed E-state index contributed by atoms with van der Waals surface area (Å²) in [5.74, 6) is -1.61. The van der Waals surface area contributed by atoms with Crippen molar-refractivity contribution in [2.24, 2.45) is 0 Å². The van der Waals surface area contributed by atoms with Crippen molar-refractivity contribution >= 4 is 29.2 Å². The van der Waals surface area contributed by atoms with Crippen molar-refractivity contribution in [1.29, 1.82) is 0 Å². The Balaban J connectivity index is 2.44. The van der Waals surface area contributed by atoms with Crippen LogP contribution in [0.3, 0.4) is 0 Å². The standard InChI is InChI=1S/C14H9Cl2FO2/c15-11-3-1-9(6-12(11)16)8-2-4-13(17)10(5-8)7-14(18)19/h1-6H,7H2,(H,18,19). The molecule has 0 spiro atoms. The SMILES string of the molecule is O=C(O)Cc1cc(-c2ccc(Cl)c(Cl)c2)ccc1F. The summed E-state index contributed by atoms with van der Waals surface area (Å²) in [6, 6.07) is 9.35. The van der Waals surface area contributed by atoms with Crippen LogP contribution in [0.4, 0.5) is 4.39 Å². The van der Waals surface area contributed by atoms with Gasteiger partial charge in [0.25, 0.3) is 0 Å². The first-order chi connectivity index (χ1) is 8.97. The molecule has 0 heterocycles. The highest BCUT2D eigenvalue weighted by atomic mass is 35.5. The van der Waals surface area contributed by atoms with E-state index in [0.717, 1.165) is 5.56 Å². The summed E-state index contributed by atoms with van der Waals surface area (Å²) in [5.41, 5.74) is 1.58. The zero-order valence-electron chi connectivity index (χ0n) is 9.66. The number of hydrogen-bond donors (Lipinski definition) is 1. The normalized spacial score (nSPS) is 10.5. The Hall–Kier alpha value is -1.58. The average molecular weight is 299 g/mol. The molecule has 0 atom stereocenters. The monoisotopic (exact) mass is 298 g/mol. The van der Waals surface area contributed by atoms with Crippen molar-refractivity contribution in [3.05, 3.63) is 57.8 Å². The van der Waals surface area contributed by atoms with E-state index in [-0.39, 0.29) is 12.0 Å². The van der Waals surface area contributed by atoms with Gasteiger partial charge in [-0.2, -0.15) is 0 Å². The quantitative estimate of drug-likeness (QED) is 0.910. The van der Waals surface area contributed by atoms with Gasteiger partial charge in [0.2, 0.25) is 0 Å². The predicted octanol–water partition coefficient (Wildman–Crippen LogP) is 4.43. The minimum absolute atomic E-state index is 0.135. The third-order valence-corrected chi connectivity index (χ3v) is 3.38. The summed E-state index contributed by atoms with van der Waals surface area (Å²) in [6.07, 6.45) is -0.360. The van der Waals surface area contributed by atoms with Gasteiger partial charge in [-0.25, -0.2) is 4.39 Å². The van der Waals surface area contributed by atoms with E-state index < -0.39 is 11.8 Å². The van der Waals surface area contributed by atoms with E-state index in [1.165, 1.54) is 12.1 Å². The van der Waals surface area contributed by atoms with Crippen LogP contribution in [-0.2, 0) is 11.2 Å². The van der Waals surface area contributed by atoms with Gasteiger partial charge in [-0.1, -0.05) is 35.3 Å². The van der Waals surface area contributed by atoms with E-state index in [2.05, 4.69) is 0 Å². The summed E-state index contributed by atoms with van der Waals surface area (Å²) in [5, 5.41) is 9.55. The second kappa shape index (κ2) is 5.59. The summed E-state index contributed by atoms with van der Waals surface area (Å²) in [7, 11) is 0. The van der Waals surface area contributed by atoms with Crippen molar-refractivity contribution in [2.75, 3.05) is 0 Å². The first-order valence-corrected chi connectivity index (χ1v) is 6.18. The number of rotatable bonds is 3. The second-order valence-electron chi connectivity index (χ2n) is 4.01. The first kappa shape index (κ1) is 13.8. The van der Waals surface area contributed by atoms with E-state index in [9.17, 15) is 9.18 Å². The lowest BCUT2D eigenvalue weighted by atomic mass is 10.0. The summed E-state index contributed by atoms with van der Waals surface area (Å²) < 4.78 is 13.5. The molecule has 5 heteroatoms. The van der Waals surface area contributed by atoms with Crippen LogP contribution in [-0.4, -0.2) is 11.1 Å². The molecule has 0 aliphatic rings. The molecule has 0 aliphatic carbocycles. The Kier molecular flexibility index (Phi) is 4.08. The van der Waals surface area contributed by atoms with Gasteiger partial charge in [0.1, 0.15) is 5.82 Å². The Morgan fingerprint density at radius 2 is 1.68 bits per heavy atom. The second-order valence-corrected chi connectivity index (χ2v) is 4.82. The van der Waals surface area contributed by atoms with E-state index in [1.807, 2.05) is 0 Å². The zero-order valence-corrected chi connectivity index (χ0v) is 11.2. The fourth-order valence-corrected chi connectivity index (χ4v) is 2.03. The Labute approximate surface area is 119 Å². The summed E-state index contributed by atoms with van der Waals surface area (Å²) in [4.78, 5) is 10.7. The van der Waals surface area contributed by atoms with E-state index in [1.54, 1.807) is 24.3 Å². The average Bonchev–Trinajstić information content (AvgIpc) is 2.35. The van der Waals surface area contributed by atoms with Crippen molar-refractivity contribution < 1.29 is 14.3 Å². The van der Waals surface area contributed by atoms with Crippen LogP contribution in [0, 0.1) is 5.82 Å². The lowest BCUT2D eigenvalue weighted by Crippen LogP contribution is -2.02. The Morgan fingerprint density at radius 3 is 2.32 bits per heavy atom. The molecule has 0 radical (unpaired) electrons. The molecule has 2 nitrogen and oxygen atoms in total. The number of benzene rings is 2. The predicted molar refractivity (Wildman–Crippen MR) is 73.2 cm³/mol. The maximum atomic E-state index is 13.5. The van der Waals surface area contributed by atoms with Crippen LogP contribution in [0.15, 0.2) is 36.4 Å². The smallest absolute Gasteiger partial charge is 0.307 e. The van der Waals surface area contributed by atoms with Gasteiger partial charge in [-0.15, -0.1) is 0 Å². The molecule has 0 bridgehead atoms. The van der Waals surface area contributed by atoms with Crippen molar-refractivity contribution in [2.45, 2.75) is 6.42 Å². The molecule has 0 saturated heterocycles. The molecule has 2 aromatic rings. The van der Waals surface area contributed by atoms with Crippen LogP contribution in [0.25, 0.3) is 11.1 Å². The van der Waals surface area contributed by atoms with Crippen molar-refractivity contribution in [1.82, 2.24) is 0 Å². The maximum Gasteiger partial charge on any atom is 0.307 e. The fraction of sp³-hybridized carbons (Fsp3) is 0.0714. The molecule has 2 rings (SSSR count). The fourth-order valence-electron chi connectivity index (χ4n) is 1.73. The minimum atomic E-state index is -1.08. The van der Waals surface area contributed by atoms with Crippen LogP contribution in [0.5, 0.6) is 0 Å². The highest BCUT2D eigenvalue weighted by Gasteiger charge is 2.09. The molecule has 0 saturated carbocycles. The topological polar surface area (TPSA) is 37.3 Å². The number of halogens is 3. The molecule has 98 valence electrons. The van der Waals surface area contributed by atoms with E-state index in [4.69, 9.17) is 28.3 Å². The molecule has 1 N–H and O–H groups in total. The van der Waals surface area contributed by atoms with Crippen LogP contribution < -0.4 is 0 Å². The number of carbonyl (C=O) groups is 1. The highest BCUT2D eigenvalue weighted by molar-refractivity contribution is 6.42. The molecule has 0 amide bonds. The molecular formula is C14H9Cl2FO2. The van der Waals surface area contributed by atoms with Crippen LogP contribution >= 0.6 is 23.2 Å². The minimum Gasteiger partial charge on any atom is -0.481 e. The number of hydrogen-bond acceptors (Lipinski definition) is 1. The molecular weight excluding hydrogens is 290 g/mol. The Bertz CT molecular complexity index is 641. The van der Waals surface area contributed by atoms with Gasteiger partial charge in [-0.3, -0.25) is 4.79 Å². The Morgan fingerprint density at radius 1 is 1.05 bits per heavy atom. The first-order valence-electron chi connectivity index (χ1n) is 5.43. The number of aliphatic carboxylic acids is 1. The van der Waals surface area contributed by atoms with Gasteiger partial charge in [0.05, 0.1) is 16.5 Å². The molecule has 0 aliphatic heterocycles. The van der Waals surface area contributed by atoms with E-state index >= 15 is 0 Å². The summed E-state index contributed by atoms with van der Waals surface area (Å²) in [6.45, 7) is 0. The van der Waals surface area contributed by atoms with Gasteiger partial charge >= 0.3 is 5.97 Å².